The summed E-state index contributed by atoms with van der Waals surface area (Å²) in [6.07, 6.45) is 0.220. The molecule has 0 unspecified atom stereocenters. The Morgan fingerprint density at radius 1 is 1.13 bits per heavy atom. The van der Waals surface area contributed by atoms with E-state index in [1.807, 2.05) is 31.2 Å². The molecule has 0 heterocycles. The van der Waals surface area contributed by atoms with Crippen molar-refractivity contribution >= 4 is 11.6 Å². The van der Waals surface area contributed by atoms with Crippen LogP contribution < -0.4 is 0 Å². The molecule has 0 aliphatic carbocycles. The van der Waals surface area contributed by atoms with Crippen LogP contribution in [-0.4, -0.2) is 11.6 Å². The Morgan fingerprint density at radius 3 is 2.13 bits per heavy atom. The van der Waals surface area contributed by atoms with Gasteiger partial charge in [0.2, 0.25) is 11.6 Å². The quantitative estimate of drug-likeness (QED) is 0.705. The molecule has 0 saturated carbocycles. The maximum Gasteiger partial charge on any atom is 0.203 e. The zero-order chi connectivity index (χ0) is 11.4. The second-order valence-electron chi connectivity index (χ2n) is 4.10. The molecule has 80 valence electrons. The molecule has 1 rings (SSSR count). The fourth-order valence-corrected chi connectivity index (χ4v) is 1.30. The Balaban J connectivity index is 2.67. The summed E-state index contributed by atoms with van der Waals surface area (Å²) in [5.74, 6) is -0.785. The summed E-state index contributed by atoms with van der Waals surface area (Å²) in [4.78, 5) is 22.9. The van der Waals surface area contributed by atoms with Crippen molar-refractivity contribution in [1.82, 2.24) is 0 Å². The summed E-state index contributed by atoms with van der Waals surface area (Å²) in [5.41, 5.74) is 2.06. The Hall–Kier alpha value is -1.44. The van der Waals surface area contributed by atoms with Crippen molar-refractivity contribution in [1.29, 1.82) is 0 Å². The minimum Gasteiger partial charge on any atom is -0.291 e. The molecular weight excluding hydrogens is 188 g/mol. The van der Waals surface area contributed by atoms with E-state index in [9.17, 15) is 9.59 Å². The molecule has 0 fully saturated rings. The monoisotopic (exact) mass is 204 g/mol. The van der Waals surface area contributed by atoms with Crippen molar-refractivity contribution in [3.05, 3.63) is 35.4 Å². The average Bonchev–Trinajstić information content (AvgIpc) is 2.20. The predicted octanol–water partition coefficient (Wildman–Crippen LogP) is 2.33. The van der Waals surface area contributed by atoms with Crippen LogP contribution in [0.2, 0.25) is 0 Å². The summed E-state index contributed by atoms with van der Waals surface area (Å²) >= 11 is 0. The van der Waals surface area contributed by atoms with E-state index in [-0.39, 0.29) is 23.9 Å². The molecule has 0 aliphatic rings. The largest absolute Gasteiger partial charge is 0.291 e. The molecule has 0 saturated heterocycles. The van der Waals surface area contributed by atoms with E-state index in [2.05, 4.69) is 0 Å². The van der Waals surface area contributed by atoms with Gasteiger partial charge in [0.05, 0.1) is 0 Å². The molecule has 0 aliphatic heterocycles. The molecule has 0 radical (unpaired) electrons. The second kappa shape index (κ2) is 4.87. The molecule has 0 N–H and O–H groups in total. The number of benzene rings is 1. The minimum absolute atomic E-state index is 0.206. The summed E-state index contributed by atoms with van der Waals surface area (Å²) in [5, 5.41) is 0. The van der Waals surface area contributed by atoms with Crippen molar-refractivity contribution < 1.29 is 9.59 Å². The zero-order valence-corrected chi connectivity index (χ0v) is 9.41. The van der Waals surface area contributed by atoms with Gasteiger partial charge in [-0.25, -0.2) is 0 Å². The molecule has 1 aromatic rings. The number of aryl methyl sites for hydroxylation is 1. The standard InChI is InChI=1S/C13H16O2/c1-9(2)13(15)12(14)8-11-6-4-10(3)5-7-11/h4-7,9H,8H2,1-3H3. The lowest BCUT2D eigenvalue weighted by molar-refractivity contribution is -0.138. The molecule has 1 aromatic carbocycles. The number of rotatable bonds is 4. The number of Topliss-reactive ketones (excluding diaryl/α,β-unsaturated/α-hetero) is 2. The predicted molar refractivity (Wildman–Crippen MR) is 59.7 cm³/mol. The van der Waals surface area contributed by atoms with Gasteiger partial charge in [0, 0.05) is 12.3 Å². The normalized spacial score (nSPS) is 10.4. The molecule has 0 atom stereocenters. The summed E-state index contributed by atoms with van der Waals surface area (Å²) < 4.78 is 0. The zero-order valence-electron chi connectivity index (χ0n) is 9.41. The van der Waals surface area contributed by atoms with Crippen molar-refractivity contribution in [2.75, 3.05) is 0 Å². The van der Waals surface area contributed by atoms with Crippen LogP contribution in [0.4, 0.5) is 0 Å². The van der Waals surface area contributed by atoms with Gasteiger partial charge >= 0.3 is 0 Å². The van der Waals surface area contributed by atoms with E-state index in [4.69, 9.17) is 0 Å². The SMILES string of the molecule is Cc1ccc(CC(=O)C(=O)C(C)C)cc1. The molecule has 0 spiro atoms. The van der Waals surface area contributed by atoms with Gasteiger partial charge in [-0.1, -0.05) is 43.7 Å². The van der Waals surface area contributed by atoms with Crippen LogP contribution in [0.15, 0.2) is 24.3 Å². The van der Waals surface area contributed by atoms with Crippen molar-refractivity contribution in [3.63, 3.8) is 0 Å². The topological polar surface area (TPSA) is 34.1 Å². The maximum absolute atomic E-state index is 11.5. The van der Waals surface area contributed by atoms with Crippen LogP contribution in [0, 0.1) is 12.8 Å². The average molecular weight is 204 g/mol. The summed E-state index contributed by atoms with van der Waals surface area (Å²) in [7, 11) is 0. The van der Waals surface area contributed by atoms with Gasteiger partial charge in [0.15, 0.2) is 0 Å². The number of ketones is 2. The molecule has 0 amide bonds. The number of hydrogen-bond acceptors (Lipinski definition) is 2. The van der Waals surface area contributed by atoms with Crippen LogP contribution in [0.3, 0.4) is 0 Å². The molecule has 2 heteroatoms. The van der Waals surface area contributed by atoms with Gasteiger partial charge in [-0.2, -0.15) is 0 Å². The van der Waals surface area contributed by atoms with E-state index in [0.29, 0.717) is 0 Å². The first-order chi connectivity index (χ1) is 7.00. The van der Waals surface area contributed by atoms with Crippen molar-refractivity contribution in [2.45, 2.75) is 27.2 Å². The minimum atomic E-state index is -0.297. The third-order valence-corrected chi connectivity index (χ3v) is 2.28. The number of hydrogen-bond donors (Lipinski definition) is 0. The van der Waals surface area contributed by atoms with Gasteiger partial charge in [-0.15, -0.1) is 0 Å². The van der Waals surface area contributed by atoms with Crippen molar-refractivity contribution in [3.8, 4) is 0 Å². The maximum atomic E-state index is 11.5. The molecular formula is C13H16O2. The molecule has 0 aromatic heterocycles. The number of carbonyl (C=O) groups is 2. The van der Waals surface area contributed by atoms with Gasteiger partial charge in [-0.3, -0.25) is 9.59 Å². The van der Waals surface area contributed by atoms with Gasteiger partial charge in [0.1, 0.15) is 0 Å². The highest BCUT2D eigenvalue weighted by Crippen LogP contribution is 2.06. The lowest BCUT2D eigenvalue weighted by Crippen LogP contribution is -2.21. The Kier molecular flexibility index (Phi) is 3.78. The highest BCUT2D eigenvalue weighted by atomic mass is 16.2. The third-order valence-electron chi connectivity index (χ3n) is 2.28. The first-order valence-corrected chi connectivity index (χ1v) is 5.13. The Labute approximate surface area is 90.3 Å². The summed E-state index contributed by atoms with van der Waals surface area (Å²) in [6, 6.07) is 7.67. The highest BCUT2D eigenvalue weighted by Gasteiger charge is 2.17. The second-order valence-corrected chi connectivity index (χ2v) is 4.10. The van der Waals surface area contributed by atoms with E-state index >= 15 is 0 Å². The first-order valence-electron chi connectivity index (χ1n) is 5.13. The molecule has 0 bridgehead atoms. The van der Waals surface area contributed by atoms with E-state index in [0.717, 1.165) is 11.1 Å². The summed E-state index contributed by atoms with van der Waals surface area (Å²) in [6.45, 7) is 5.48. The third kappa shape index (κ3) is 3.31. The van der Waals surface area contributed by atoms with Crippen LogP contribution >= 0.6 is 0 Å². The van der Waals surface area contributed by atoms with Crippen LogP contribution in [0.1, 0.15) is 25.0 Å². The van der Waals surface area contributed by atoms with E-state index in [1.54, 1.807) is 13.8 Å². The fourth-order valence-electron chi connectivity index (χ4n) is 1.30. The smallest absolute Gasteiger partial charge is 0.203 e. The van der Waals surface area contributed by atoms with Crippen LogP contribution in [-0.2, 0) is 16.0 Å². The Morgan fingerprint density at radius 2 is 1.67 bits per heavy atom. The lowest BCUT2D eigenvalue weighted by atomic mass is 9.99. The van der Waals surface area contributed by atoms with E-state index in [1.165, 1.54) is 0 Å². The van der Waals surface area contributed by atoms with Crippen LogP contribution in [0.5, 0.6) is 0 Å². The van der Waals surface area contributed by atoms with Crippen molar-refractivity contribution in [2.24, 2.45) is 5.92 Å². The highest BCUT2D eigenvalue weighted by molar-refractivity contribution is 6.38. The first kappa shape index (κ1) is 11.6. The van der Waals surface area contributed by atoms with E-state index < -0.39 is 0 Å². The van der Waals surface area contributed by atoms with Crippen LogP contribution in [0.25, 0.3) is 0 Å². The van der Waals surface area contributed by atoms with Gasteiger partial charge < -0.3 is 0 Å². The molecule has 2 nitrogen and oxygen atoms in total. The number of carbonyl (C=O) groups excluding carboxylic acids is 2. The Bertz CT molecular complexity index is 361. The van der Waals surface area contributed by atoms with Gasteiger partial charge in [-0.05, 0) is 12.5 Å². The molecule has 15 heavy (non-hydrogen) atoms. The fraction of sp³-hybridized carbons (Fsp3) is 0.385. The van der Waals surface area contributed by atoms with Gasteiger partial charge in [0.25, 0.3) is 0 Å². The lowest BCUT2D eigenvalue weighted by Gasteiger charge is -2.03.